The first-order valence-electron chi connectivity index (χ1n) is 11.8. The van der Waals surface area contributed by atoms with Crippen LogP contribution in [0.5, 0.6) is 0 Å². The van der Waals surface area contributed by atoms with Crippen LogP contribution in [0.3, 0.4) is 0 Å². The predicted molar refractivity (Wildman–Crippen MR) is 145 cm³/mol. The van der Waals surface area contributed by atoms with Crippen molar-refractivity contribution in [3.05, 3.63) is 94.7 Å². The number of sulfonamides is 1. The minimum Gasteiger partial charge on any atom is -0.354 e. The summed E-state index contributed by atoms with van der Waals surface area (Å²) in [5, 5.41) is 2.80. The minimum atomic E-state index is -4.23. The third-order valence-electron chi connectivity index (χ3n) is 5.68. The Morgan fingerprint density at radius 1 is 1.00 bits per heavy atom. The lowest BCUT2D eigenvalue weighted by Gasteiger charge is -2.32. The Balaban J connectivity index is 1.99. The average Bonchev–Trinajstić information content (AvgIpc) is 2.89. The fraction of sp³-hybridized carbons (Fsp3) is 0.259. The summed E-state index contributed by atoms with van der Waals surface area (Å²) >= 11 is 3.42. The highest BCUT2D eigenvalue weighted by molar-refractivity contribution is 9.10. The van der Waals surface area contributed by atoms with Gasteiger partial charge in [0.05, 0.1) is 10.6 Å². The monoisotopic (exact) mass is 589 g/mol. The second-order valence-corrected chi connectivity index (χ2v) is 11.2. The van der Waals surface area contributed by atoms with Crippen LogP contribution in [0.4, 0.5) is 10.1 Å². The van der Waals surface area contributed by atoms with E-state index in [4.69, 9.17) is 0 Å². The lowest BCUT2D eigenvalue weighted by Crippen LogP contribution is -2.51. The van der Waals surface area contributed by atoms with E-state index < -0.39 is 34.3 Å². The molecule has 0 saturated heterocycles. The van der Waals surface area contributed by atoms with E-state index in [0.29, 0.717) is 6.54 Å². The van der Waals surface area contributed by atoms with E-state index in [1.54, 1.807) is 37.3 Å². The molecular weight excluding hydrogens is 561 g/mol. The van der Waals surface area contributed by atoms with Crippen molar-refractivity contribution in [1.29, 1.82) is 0 Å². The van der Waals surface area contributed by atoms with Crippen molar-refractivity contribution in [2.75, 3.05) is 17.4 Å². The highest BCUT2D eigenvalue weighted by Gasteiger charge is 2.32. The highest BCUT2D eigenvalue weighted by atomic mass is 79.9. The Labute approximate surface area is 225 Å². The number of anilines is 1. The Morgan fingerprint density at radius 2 is 1.68 bits per heavy atom. The molecule has 37 heavy (non-hydrogen) atoms. The van der Waals surface area contributed by atoms with E-state index in [-0.39, 0.29) is 23.0 Å². The van der Waals surface area contributed by atoms with Gasteiger partial charge >= 0.3 is 0 Å². The second kappa shape index (κ2) is 12.8. The number of nitrogens with zero attached hydrogens (tertiary/aromatic N) is 2. The number of benzene rings is 3. The largest absolute Gasteiger partial charge is 0.354 e. The highest BCUT2D eigenvalue weighted by Crippen LogP contribution is 2.25. The smallest absolute Gasteiger partial charge is 0.264 e. The van der Waals surface area contributed by atoms with Gasteiger partial charge in [0.2, 0.25) is 11.8 Å². The van der Waals surface area contributed by atoms with Crippen LogP contribution in [0.25, 0.3) is 0 Å². The lowest BCUT2D eigenvalue weighted by atomic mass is 10.1. The first-order chi connectivity index (χ1) is 17.6. The van der Waals surface area contributed by atoms with Crippen LogP contribution < -0.4 is 9.62 Å². The van der Waals surface area contributed by atoms with Crippen LogP contribution >= 0.6 is 15.9 Å². The van der Waals surface area contributed by atoms with E-state index in [1.807, 2.05) is 31.2 Å². The van der Waals surface area contributed by atoms with Gasteiger partial charge in [-0.1, -0.05) is 53.2 Å². The summed E-state index contributed by atoms with van der Waals surface area (Å²) in [6.45, 7) is 3.54. The van der Waals surface area contributed by atoms with E-state index in [2.05, 4.69) is 21.2 Å². The summed E-state index contributed by atoms with van der Waals surface area (Å²) in [5.74, 6) is -1.47. The van der Waals surface area contributed by atoms with Crippen LogP contribution in [0.2, 0.25) is 0 Å². The molecule has 0 unspecified atom stereocenters. The zero-order chi connectivity index (χ0) is 27.0. The zero-order valence-electron chi connectivity index (χ0n) is 20.6. The molecule has 0 aliphatic rings. The van der Waals surface area contributed by atoms with Crippen LogP contribution in [0.1, 0.15) is 25.8 Å². The van der Waals surface area contributed by atoms with Gasteiger partial charge in [-0.3, -0.25) is 13.9 Å². The van der Waals surface area contributed by atoms with Gasteiger partial charge < -0.3 is 10.2 Å². The first kappa shape index (κ1) is 28.3. The maximum Gasteiger partial charge on any atom is 0.264 e. The molecule has 0 bridgehead atoms. The van der Waals surface area contributed by atoms with E-state index in [9.17, 15) is 22.4 Å². The Bertz CT molecular complexity index is 1320. The number of para-hydroxylation sites is 1. The molecule has 0 aromatic heterocycles. The molecule has 7 nitrogen and oxygen atoms in total. The molecule has 0 radical (unpaired) electrons. The van der Waals surface area contributed by atoms with Crippen molar-refractivity contribution in [2.24, 2.45) is 0 Å². The van der Waals surface area contributed by atoms with Crippen molar-refractivity contribution >= 4 is 43.5 Å². The SMILES string of the molecule is CCCNC(=O)[C@H](C)N(Cc1cccc(Br)c1)C(=O)CN(c1ccccc1)S(=O)(=O)c1ccc(F)cc1. The van der Waals surface area contributed by atoms with Crippen molar-refractivity contribution in [3.8, 4) is 0 Å². The van der Waals surface area contributed by atoms with Crippen molar-refractivity contribution in [2.45, 2.75) is 37.8 Å². The van der Waals surface area contributed by atoms with Crippen molar-refractivity contribution in [3.63, 3.8) is 0 Å². The molecule has 1 atom stereocenters. The van der Waals surface area contributed by atoms with Crippen LogP contribution in [-0.2, 0) is 26.2 Å². The van der Waals surface area contributed by atoms with Crippen LogP contribution in [-0.4, -0.2) is 44.3 Å². The number of nitrogens with one attached hydrogen (secondary N) is 1. The lowest BCUT2D eigenvalue weighted by molar-refractivity contribution is -0.139. The Kier molecular flexibility index (Phi) is 9.82. The first-order valence-corrected chi connectivity index (χ1v) is 14.0. The zero-order valence-corrected chi connectivity index (χ0v) is 23.0. The summed E-state index contributed by atoms with van der Waals surface area (Å²) in [4.78, 5) is 27.8. The summed E-state index contributed by atoms with van der Waals surface area (Å²) in [6, 6.07) is 19.1. The molecule has 3 aromatic carbocycles. The van der Waals surface area contributed by atoms with E-state index >= 15 is 0 Å². The van der Waals surface area contributed by atoms with Crippen molar-refractivity contribution in [1.82, 2.24) is 10.2 Å². The number of hydrogen-bond donors (Lipinski definition) is 1. The van der Waals surface area contributed by atoms with Gasteiger partial charge in [-0.15, -0.1) is 0 Å². The van der Waals surface area contributed by atoms with Gasteiger partial charge in [-0.2, -0.15) is 0 Å². The molecule has 0 aliphatic carbocycles. The molecule has 1 N–H and O–H groups in total. The maximum atomic E-state index is 13.7. The van der Waals surface area contributed by atoms with Gasteiger partial charge in [0.15, 0.2) is 0 Å². The topological polar surface area (TPSA) is 86.8 Å². The minimum absolute atomic E-state index is 0.0954. The molecule has 0 spiro atoms. The molecule has 0 aliphatic heterocycles. The molecule has 10 heteroatoms. The third-order valence-corrected chi connectivity index (χ3v) is 7.96. The summed E-state index contributed by atoms with van der Waals surface area (Å²) < 4.78 is 42.5. The summed E-state index contributed by atoms with van der Waals surface area (Å²) in [6.07, 6.45) is 0.732. The van der Waals surface area contributed by atoms with E-state index in [0.717, 1.165) is 45.0 Å². The fourth-order valence-electron chi connectivity index (χ4n) is 3.67. The third kappa shape index (κ3) is 7.39. The van der Waals surface area contributed by atoms with Crippen LogP contribution in [0.15, 0.2) is 88.2 Å². The standard InChI is InChI=1S/C27H29BrFN3O4S/c1-3-16-30-27(34)20(2)31(18-21-8-7-9-22(28)17-21)26(33)19-32(24-10-5-4-6-11-24)37(35,36)25-14-12-23(29)13-15-25/h4-15,17,20H,3,16,18-19H2,1-2H3,(H,30,34)/t20-/m0/s1. The summed E-state index contributed by atoms with van der Waals surface area (Å²) in [7, 11) is -4.23. The quantitative estimate of drug-likeness (QED) is 0.350. The Hall–Kier alpha value is -3.24. The summed E-state index contributed by atoms with van der Waals surface area (Å²) in [5.41, 5.74) is 1.04. The number of rotatable bonds is 11. The van der Waals surface area contributed by atoms with Gasteiger partial charge in [0.25, 0.3) is 10.0 Å². The molecule has 0 heterocycles. The molecular formula is C27H29BrFN3O4S. The molecule has 3 aromatic rings. The van der Waals surface area contributed by atoms with Gasteiger partial charge in [-0.05, 0) is 67.4 Å². The van der Waals surface area contributed by atoms with Gasteiger partial charge in [0.1, 0.15) is 18.4 Å². The maximum absolute atomic E-state index is 13.7. The molecule has 0 saturated carbocycles. The number of amides is 2. The second-order valence-electron chi connectivity index (χ2n) is 8.42. The number of halogens is 2. The molecule has 196 valence electrons. The average molecular weight is 591 g/mol. The number of carbonyl (C=O) groups excluding carboxylic acids is 2. The molecule has 0 fully saturated rings. The van der Waals surface area contributed by atoms with Crippen LogP contribution in [0, 0.1) is 5.82 Å². The van der Waals surface area contributed by atoms with Gasteiger partial charge in [-0.25, -0.2) is 12.8 Å². The van der Waals surface area contributed by atoms with Gasteiger partial charge in [0, 0.05) is 17.6 Å². The molecule has 3 rings (SSSR count). The van der Waals surface area contributed by atoms with Crippen molar-refractivity contribution < 1.29 is 22.4 Å². The fourth-order valence-corrected chi connectivity index (χ4v) is 5.53. The normalized spacial score (nSPS) is 12.0. The Morgan fingerprint density at radius 3 is 2.30 bits per heavy atom. The predicted octanol–water partition coefficient (Wildman–Crippen LogP) is 4.73. The number of carbonyl (C=O) groups is 2. The number of hydrogen-bond acceptors (Lipinski definition) is 4. The van der Waals surface area contributed by atoms with E-state index in [1.165, 1.54) is 4.90 Å². The molecule has 2 amide bonds.